The van der Waals surface area contributed by atoms with E-state index in [9.17, 15) is 23.1 Å². The number of carboxylic acids is 1. The molecule has 6 heteroatoms. The molecule has 0 spiro atoms. The van der Waals surface area contributed by atoms with Crippen molar-refractivity contribution in [3.63, 3.8) is 0 Å². The van der Waals surface area contributed by atoms with Crippen molar-refractivity contribution >= 4 is 5.97 Å². The van der Waals surface area contributed by atoms with E-state index >= 15 is 0 Å². The summed E-state index contributed by atoms with van der Waals surface area (Å²) in [6.07, 6.45) is -3.02. The van der Waals surface area contributed by atoms with Gasteiger partial charge in [0.05, 0.1) is 11.5 Å². The van der Waals surface area contributed by atoms with Crippen molar-refractivity contribution in [2.45, 2.75) is 56.7 Å². The summed E-state index contributed by atoms with van der Waals surface area (Å²) in [5.41, 5.74) is 4.73. The molecule has 186 valence electrons. The van der Waals surface area contributed by atoms with Gasteiger partial charge in [0.15, 0.2) is 0 Å². The number of ether oxygens (including phenoxy) is 1. The van der Waals surface area contributed by atoms with Crippen LogP contribution in [0.2, 0.25) is 0 Å². The fraction of sp³-hybridized carbons (Fsp3) is 0.367. The molecular weight excluding hydrogens is 465 g/mol. The van der Waals surface area contributed by atoms with E-state index in [0.717, 1.165) is 40.0 Å². The average molecular weight is 493 g/mol. The topological polar surface area (TPSA) is 46.5 Å². The number of benzene rings is 3. The van der Waals surface area contributed by atoms with Crippen molar-refractivity contribution < 1.29 is 27.8 Å². The van der Waals surface area contributed by atoms with Gasteiger partial charge < -0.3 is 9.84 Å². The molecule has 1 saturated carbocycles. The van der Waals surface area contributed by atoms with Gasteiger partial charge in [0.1, 0.15) is 12.4 Å². The molecular formula is C30H27F3O3. The Balaban J connectivity index is 1.25. The summed E-state index contributed by atoms with van der Waals surface area (Å²) in [7, 11) is 0. The van der Waals surface area contributed by atoms with E-state index in [4.69, 9.17) is 4.74 Å². The zero-order valence-electron chi connectivity index (χ0n) is 20.1. The minimum Gasteiger partial charge on any atom is -0.489 e. The van der Waals surface area contributed by atoms with E-state index in [-0.39, 0.29) is 29.1 Å². The molecule has 0 heterocycles. The quantitative estimate of drug-likeness (QED) is 0.414. The third-order valence-electron chi connectivity index (χ3n) is 8.36. The first-order valence-corrected chi connectivity index (χ1v) is 12.3. The zero-order valence-corrected chi connectivity index (χ0v) is 20.1. The molecule has 0 bridgehead atoms. The van der Waals surface area contributed by atoms with Crippen LogP contribution in [-0.2, 0) is 29.4 Å². The molecule has 3 aromatic carbocycles. The van der Waals surface area contributed by atoms with E-state index in [1.165, 1.54) is 12.1 Å². The van der Waals surface area contributed by atoms with Gasteiger partial charge in [-0.05, 0) is 75.8 Å². The molecule has 3 aromatic rings. The van der Waals surface area contributed by atoms with Crippen molar-refractivity contribution in [2.75, 3.05) is 0 Å². The maximum Gasteiger partial charge on any atom is 0.416 e. The van der Waals surface area contributed by atoms with Gasteiger partial charge in [-0.3, -0.25) is 4.79 Å². The monoisotopic (exact) mass is 492 g/mol. The van der Waals surface area contributed by atoms with E-state index in [0.29, 0.717) is 18.6 Å². The van der Waals surface area contributed by atoms with E-state index in [1.807, 2.05) is 36.4 Å². The molecule has 0 aromatic heterocycles. The van der Waals surface area contributed by atoms with Crippen LogP contribution in [0.15, 0.2) is 60.7 Å². The van der Waals surface area contributed by atoms with Gasteiger partial charge in [-0.25, -0.2) is 0 Å². The average Bonchev–Trinajstić information content (AvgIpc) is 3.32. The molecule has 3 aliphatic carbocycles. The highest BCUT2D eigenvalue weighted by molar-refractivity contribution is 5.78. The highest BCUT2D eigenvalue weighted by atomic mass is 19.4. The fourth-order valence-corrected chi connectivity index (χ4v) is 6.66. The van der Waals surface area contributed by atoms with Crippen LogP contribution >= 0.6 is 0 Å². The summed E-state index contributed by atoms with van der Waals surface area (Å²) in [5, 5.41) is 9.31. The number of carbonyl (C=O) groups is 1. The van der Waals surface area contributed by atoms with Gasteiger partial charge in [-0.2, -0.15) is 13.2 Å². The highest BCUT2D eigenvalue weighted by Gasteiger charge is 2.59. The Morgan fingerprint density at radius 3 is 2.56 bits per heavy atom. The number of rotatable bonds is 5. The van der Waals surface area contributed by atoms with Crippen molar-refractivity contribution in [3.8, 4) is 5.75 Å². The second kappa shape index (κ2) is 7.86. The molecule has 0 saturated heterocycles. The first-order valence-electron chi connectivity index (χ1n) is 12.3. The van der Waals surface area contributed by atoms with Gasteiger partial charge in [-0.1, -0.05) is 56.3 Å². The maximum absolute atomic E-state index is 13.8. The Labute approximate surface area is 207 Å². The number of hydrogen-bond donors (Lipinski definition) is 1. The van der Waals surface area contributed by atoms with E-state index in [1.54, 1.807) is 12.1 Å². The molecule has 1 fully saturated rings. The molecule has 0 amide bonds. The normalized spacial score (nSPS) is 25.1. The highest BCUT2D eigenvalue weighted by Crippen LogP contribution is 2.61. The number of carboxylic acid groups (broad SMARTS) is 1. The first-order chi connectivity index (χ1) is 17.0. The summed E-state index contributed by atoms with van der Waals surface area (Å²) in [6.45, 7) is 4.48. The van der Waals surface area contributed by atoms with Crippen LogP contribution in [0.1, 0.15) is 71.0 Å². The summed E-state index contributed by atoms with van der Waals surface area (Å²) < 4.78 is 47.5. The minimum absolute atomic E-state index is 0.128. The number of hydrogen-bond acceptors (Lipinski definition) is 2. The number of aliphatic carboxylic acids is 1. The van der Waals surface area contributed by atoms with E-state index in [2.05, 4.69) is 13.8 Å². The lowest BCUT2D eigenvalue weighted by molar-refractivity contribution is -0.139. The molecule has 4 atom stereocenters. The molecule has 3 aliphatic rings. The third kappa shape index (κ3) is 3.69. The largest absolute Gasteiger partial charge is 0.489 e. The Bertz CT molecular complexity index is 1370. The third-order valence-corrected chi connectivity index (χ3v) is 8.36. The summed E-state index contributed by atoms with van der Waals surface area (Å²) in [4.78, 5) is 11.3. The molecule has 6 rings (SSSR count). The lowest BCUT2D eigenvalue weighted by Gasteiger charge is -2.21. The molecule has 0 aliphatic heterocycles. The lowest BCUT2D eigenvalue weighted by Crippen LogP contribution is -2.14. The molecule has 1 N–H and O–H groups in total. The Kier molecular flexibility index (Phi) is 5.05. The minimum atomic E-state index is -4.40. The smallest absolute Gasteiger partial charge is 0.416 e. The fourth-order valence-electron chi connectivity index (χ4n) is 6.66. The molecule has 0 radical (unpaired) electrons. The van der Waals surface area contributed by atoms with Crippen LogP contribution in [-0.4, -0.2) is 11.1 Å². The summed E-state index contributed by atoms with van der Waals surface area (Å²) in [5.74, 6) is -0.252. The van der Waals surface area contributed by atoms with Gasteiger partial charge in [0.2, 0.25) is 0 Å². The van der Waals surface area contributed by atoms with Crippen LogP contribution in [0.3, 0.4) is 0 Å². The van der Waals surface area contributed by atoms with Gasteiger partial charge in [-0.15, -0.1) is 0 Å². The van der Waals surface area contributed by atoms with Crippen LogP contribution in [0.4, 0.5) is 13.2 Å². The van der Waals surface area contributed by atoms with Crippen LogP contribution in [0.5, 0.6) is 5.75 Å². The van der Waals surface area contributed by atoms with Crippen LogP contribution < -0.4 is 4.74 Å². The maximum atomic E-state index is 13.8. The van der Waals surface area contributed by atoms with Crippen LogP contribution in [0.25, 0.3) is 0 Å². The van der Waals surface area contributed by atoms with Crippen LogP contribution in [0, 0.1) is 11.8 Å². The van der Waals surface area contributed by atoms with Crippen molar-refractivity contribution in [2.24, 2.45) is 11.8 Å². The first kappa shape index (κ1) is 23.1. The second-order valence-corrected chi connectivity index (χ2v) is 11.1. The number of fused-ring (bicyclic) bond motifs is 4. The SMILES string of the molecule is CC1(C)CC(c2ccccc2C(F)(F)F)c2cc(COc3ccc4c(c3)C[C@H]3[C@H](C(=O)O)[C@@H]43)ccc21. The Morgan fingerprint density at radius 2 is 1.81 bits per heavy atom. The number of alkyl halides is 3. The van der Waals surface area contributed by atoms with E-state index < -0.39 is 17.7 Å². The summed E-state index contributed by atoms with van der Waals surface area (Å²) >= 11 is 0. The lowest BCUT2D eigenvalue weighted by atomic mass is 9.84. The van der Waals surface area contributed by atoms with Gasteiger partial charge in [0.25, 0.3) is 0 Å². The van der Waals surface area contributed by atoms with Crippen molar-refractivity contribution in [3.05, 3.63) is 99.6 Å². The standard InChI is InChI=1S/C30H27F3O3/c1-29(2)14-23(20-5-3-4-6-25(20)30(31,32)33)21-11-16(7-10-24(21)29)15-36-18-8-9-19-17(12-18)13-22-26(19)27(22)28(34)35/h3-12,22-23,26-27H,13-15H2,1-2H3,(H,34,35)/t22-,23?,26+,27+/m1/s1. The predicted octanol–water partition coefficient (Wildman–Crippen LogP) is 7.07. The Morgan fingerprint density at radius 1 is 1.03 bits per heavy atom. The molecule has 3 nitrogen and oxygen atoms in total. The van der Waals surface area contributed by atoms with Crippen molar-refractivity contribution in [1.82, 2.24) is 0 Å². The predicted molar refractivity (Wildman–Crippen MR) is 129 cm³/mol. The second-order valence-electron chi connectivity index (χ2n) is 11.1. The van der Waals surface area contributed by atoms with Crippen molar-refractivity contribution in [1.29, 1.82) is 0 Å². The van der Waals surface area contributed by atoms with Gasteiger partial charge >= 0.3 is 12.1 Å². The summed E-state index contributed by atoms with van der Waals surface area (Å²) in [6, 6.07) is 17.8. The number of halogens is 3. The van der Waals surface area contributed by atoms with Gasteiger partial charge in [0, 0.05) is 11.8 Å². The zero-order chi connectivity index (χ0) is 25.4. The molecule has 1 unspecified atom stereocenters. The Hall–Kier alpha value is -3.28. The molecule has 36 heavy (non-hydrogen) atoms.